The normalized spacial score (nSPS) is 19.7. The number of nitrogens with one attached hydrogen (secondary N) is 1. The molecule has 1 aliphatic heterocycles. The van der Waals surface area contributed by atoms with E-state index in [9.17, 15) is 9.59 Å². The van der Waals surface area contributed by atoms with E-state index < -0.39 is 0 Å². The van der Waals surface area contributed by atoms with Gasteiger partial charge < -0.3 is 10.2 Å². The molecule has 4 nitrogen and oxygen atoms in total. The van der Waals surface area contributed by atoms with Crippen LogP contribution >= 0.6 is 0 Å². The van der Waals surface area contributed by atoms with E-state index in [2.05, 4.69) is 5.32 Å². The van der Waals surface area contributed by atoms with Crippen molar-refractivity contribution < 1.29 is 9.59 Å². The molecule has 1 heterocycles. The van der Waals surface area contributed by atoms with Gasteiger partial charge in [0, 0.05) is 42.9 Å². The summed E-state index contributed by atoms with van der Waals surface area (Å²) >= 11 is 0. The average molecular weight is 256 g/mol. The largest absolute Gasteiger partial charge is 0.365 e. The number of carbonyl (C=O) groups excluding carboxylic acids is 2. The van der Waals surface area contributed by atoms with Crippen LogP contribution in [0.2, 0.25) is 0 Å². The van der Waals surface area contributed by atoms with E-state index in [0.29, 0.717) is 22.4 Å². The monoisotopic (exact) mass is 256 g/mol. The number of allylic oxidation sites excluding steroid dienone is 2. The Morgan fingerprint density at radius 2 is 1.58 bits per heavy atom. The Bertz CT molecular complexity index is 584. The fourth-order valence-corrected chi connectivity index (χ4v) is 2.76. The van der Waals surface area contributed by atoms with E-state index in [1.165, 1.54) is 0 Å². The van der Waals surface area contributed by atoms with Crippen LogP contribution in [-0.2, 0) is 0 Å². The summed E-state index contributed by atoms with van der Waals surface area (Å²) in [6, 6.07) is 7.07. The zero-order valence-electron chi connectivity index (χ0n) is 10.9. The van der Waals surface area contributed by atoms with E-state index in [1.807, 2.05) is 4.90 Å². The Hall–Kier alpha value is -1.94. The van der Waals surface area contributed by atoms with Crippen molar-refractivity contribution in [1.82, 2.24) is 10.2 Å². The number of hydrogen-bond acceptors (Lipinski definition) is 4. The third kappa shape index (κ3) is 1.88. The van der Waals surface area contributed by atoms with Crippen LogP contribution in [-0.4, -0.2) is 42.6 Å². The SMILES string of the molecule is CC1=C(N2CCNCC2)C(=O)c2ccccc2C1=O. The molecule has 3 rings (SSSR count). The molecule has 2 aliphatic rings. The van der Waals surface area contributed by atoms with Crippen molar-refractivity contribution in [3.63, 3.8) is 0 Å². The molecule has 1 aliphatic carbocycles. The predicted molar refractivity (Wildman–Crippen MR) is 72.2 cm³/mol. The lowest BCUT2D eigenvalue weighted by Crippen LogP contribution is -2.45. The molecular formula is C15H16N2O2. The van der Waals surface area contributed by atoms with Gasteiger partial charge in [-0.05, 0) is 6.92 Å². The number of piperazine rings is 1. The Morgan fingerprint density at radius 3 is 2.21 bits per heavy atom. The molecule has 4 heteroatoms. The van der Waals surface area contributed by atoms with Crippen LogP contribution in [0.3, 0.4) is 0 Å². The molecule has 0 unspecified atom stereocenters. The van der Waals surface area contributed by atoms with Crippen molar-refractivity contribution in [1.29, 1.82) is 0 Å². The van der Waals surface area contributed by atoms with Gasteiger partial charge in [0.05, 0.1) is 5.70 Å². The summed E-state index contributed by atoms with van der Waals surface area (Å²) in [5, 5.41) is 3.25. The Balaban J connectivity index is 2.07. The molecule has 1 aromatic rings. The number of carbonyl (C=O) groups is 2. The standard InChI is InChI=1S/C15H16N2O2/c1-10-13(17-8-6-16-7-9-17)15(19)12-5-3-2-4-11(12)14(10)18/h2-5,16H,6-9H2,1H3. The molecule has 0 saturated carbocycles. The number of Topliss-reactive ketones (excluding diaryl/α,β-unsaturated/α-hetero) is 2. The van der Waals surface area contributed by atoms with Gasteiger partial charge in [-0.25, -0.2) is 0 Å². The maximum Gasteiger partial charge on any atom is 0.210 e. The van der Waals surface area contributed by atoms with Crippen LogP contribution in [0.1, 0.15) is 27.6 Å². The zero-order valence-corrected chi connectivity index (χ0v) is 10.9. The molecule has 0 radical (unpaired) electrons. The van der Waals surface area contributed by atoms with Gasteiger partial charge in [0.2, 0.25) is 5.78 Å². The molecule has 0 amide bonds. The first kappa shape index (κ1) is 12.1. The molecule has 0 bridgehead atoms. The second-order valence-electron chi connectivity index (χ2n) is 4.91. The second kappa shape index (κ2) is 4.63. The molecular weight excluding hydrogens is 240 g/mol. The third-order valence-corrected chi connectivity index (χ3v) is 3.76. The number of nitrogens with zero attached hydrogens (tertiary/aromatic N) is 1. The number of hydrogen-bond donors (Lipinski definition) is 1. The highest BCUT2D eigenvalue weighted by molar-refractivity contribution is 6.26. The average Bonchev–Trinajstić information content (AvgIpc) is 2.46. The van der Waals surface area contributed by atoms with Crippen LogP contribution in [0, 0.1) is 0 Å². The molecule has 19 heavy (non-hydrogen) atoms. The maximum atomic E-state index is 12.6. The molecule has 1 saturated heterocycles. The minimum absolute atomic E-state index is 0.0189. The lowest BCUT2D eigenvalue weighted by atomic mass is 9.87. The van der Waals surface area contributed by atoms with Gasteiger partial charge in [-0.1, -0.05) is 24.3 Å². The van der Waals surface area contributed by atoms with E-state index in [0.717, 1.165) is 26.2 Å². The topological polar surface area (TPSA) is 49.4 Å². The van der Waals surface area contributed by atoms with Gasteiger partial charge in [0.25, 0.3) is 0 Å². The minimum atomic E-state index is -0.0243. The van der Waals surface area contributed by atoms with Crippen LogP contribution in [0.4, 0.5) is 0 Å². The summed E-state index contributed by atoms with van der Waals surface area (Å²) in [5.41, 5.74) is 2.23. The van der Waals surface area contributed by atoms with E-state index in [4.69, 9.17) is 0 Å². The van der Waals surface area contributed by atoms with Crippen LogP contribution in [0.25, 0.3) is 0 Å². The Kier molecular flexibility index (Phi) is 2.95. The summed E-state index contributed by atoms with van der Waals surface area (Å²) in [5.74, 6) is -0.0432. The van der Waals surface area contributed by atoms with Crippen molar-refractivity contribution >= 4 is 11.6 Å². The second-order valence-corrected chi connectivity index (χ2v) is 4.91. The van der Waals surface area contributed by atoms with E-state index >= 15 is 0 Å². The minimum Gasteiger partial charge on any atom is -0.365 e. The van der Waals surface area contributed by atoms with Gasteiger partial charge in [-0.15, -0.1) is 0 Å². The third-order valence-electron chi connectivity index (χ3n) is 3.76. The van der Waals surface area contributed by atoms with E-state index in [1.54, 1.807) is 31.2 Å². The summed E-state index contributed by atoms with van der Waals surface area (Å²) in [7, 11) is 0. The van der Waals surface area contributed by atoms with Crippen molar-refractivity contribution in [2.24, 2.45) is 0 Å². The summed E-state index contributed by atoms with van der Waals surface area (Å²) < 4.78 is 0. The van der Waals surface area contributed by atoms with Gasteiger partial charge in [-0.2, -0.15) is 0 Å². The predicted octanol–water partition coefficient (Wildman–Crippen LogP) is 1.24. The Labute approximate surface area is 112 Å². The first-order chi connectivity index (χ1) is 9.20. The maximum absolute atomic E-state index is 12.6. The van der Waals surface area contributed by atoms with E-state index in [-0.39, 0.29) is 11.6 Å². The highest BCUT2D eigenvalue weighted by Gasteiger charge is 2.32. The van der Waals surface area contributed by atoms with Crippen molar-refractivity contribution in [3.8, 4) is 0 Å². The quantitative estimate of drug-likeness (QED) is 0.821. The van der Waals surface area contributed by atoms with Gasteiger partial charge in [0.1, 0.15) is 0 Å². The first-order valence-corrected chi connectivity index (χ1v) is 6.55. The van der Waals surface area contributed by atoms with Crippen molar-refractivity contribution in [3.05, 3.63) is 46.7 Å². The van der Waals surface area contributed by atoms with Gasteiger partial charge in [0.15, 0.2) is 5.78 Å². The molecule has 1 fully saturated rings. The Morgan fingerprint density at radius 1 is 1.00 bits per heavy atom. The smallest absolute Gasteiger partial charge is 0.210 e. The molecule has 1 N–H and O–H groups in total. The van der Waals surface area contributed by atoms with Gasteiger partial charge in [-0.3, -0.25) is 9.59 Å². The van der Waals surface area contributed by atoms with Crippen LogP contribution < -0.4 is 5.32 Å². The number of fused-ring (bicyclic) bond motifs is 1. The fourth-order valence-electron chi connectivity index (χ4n) is 2.76. The zero-order chi connectivity index (χ0) is 13.4. The molecule has 0 atom stereocenters. The summed E-state index contributed by atoms with van der Waals surface area (Å²) in [4.78, 5) is 27.0. The van der Waals surface area contributed by atoms with Crippen LogP contribution in [0.5, 0.6) is 0 Å². The first-order valence-electron chi connectivity index (χ1n) is 6.55. The summed E-state index contributed by atoms with van der Waals surface area (Å²) in [6.45, 7) is 5.00. The lowest BCUT2D eigenvalue weighted by Gasteiger charge is -2.33. The fraction of sp³-hybridized carbons (Fsp3) is 0.333. The number of benzene rings is 1. The highest BCUT2D eigenvalue weighted by atomic mass is 16.1. The number of rotatable bonds is 1. The van der Waals surface area contributed by atoms with Crippen molar-refractivity contribution in [2.45, 2.75) is 6.92 Å². The molecule has 0 spiro atoms. The number of ketones is 2. The molecule has 1 aromatic carbocycles. The van der Waals surface area contributed by atoms with Gasteiger partial charge >= 0.3 is 0 Å². The lowest BCUT2D eigenvalue weighted by molar-refractivity contribution is 0.0936. The molecule has 0 aromatic heterocycles. The highest BCUT2D eigenvalue weighted by Crippen LogP contribution is 2.28. The summed E-state index contributed by atoms with van der Waals surface area (Å²) in [6.07, 6.45) is 0. The van der Waals surface area contributed by atoms with Crippen molar-refractivity contribution in [2.75, 3.05) is 26.2 Å². The molecule has 98 valence electrons. The van der Waals surface area contributed by atoms with Crippen LogP contribution in [0.15, 0.2) is 35.5 Å².